The highest BCUT2D eigenvalue weighted by atomic mass is 19.4. The highest BCUT2D eigenvalue weighted by Gasteiger charge is 2.54. The maximum absolute atomic E-state index is 12.9. The molecule has 0 saturated carbocycles. The smallest absolute Gasteiger partial charge is 0.366 e. The monoisotopic (exact) mass is 282 g/mol. The predicted octanol–water partition coefficient (Wildman–Crippen LogP) is 2.64. The highest BCUT2D eigenvalue weighted by molar-refractivity contribution is 5.64. The zero-order valence-electron chi connectivity index (χ0n) is 10.7. The van der Waals surface area contributed by atoms with Crippen LogP contribution in [0.25, 0.3) is 5.57 Å². The van der Waals surface area contributed by atoms with Gasteiger partial charge in [-0.1, -0.05) is 24.1 Å². The van der Waals surface area contributed by atoms with Crippen LogP contribution in [0.4, 0.5) is 13.2 Å². The van der Waals surface area contributed by atoms with Gasteiger partial charge in [0.25, 0.3) is 0 Å². The van der Waals surface area contributed by atoms with E-state index in [1.807, 2.05) is 0 Å². The molecule has 1 aromatic rings. The lowest BCUT2D eigenvalue weighted by Gasteiger charge is -2.25. The Labute approximate surface area is 114 Å². The molecule has 0 aromatic heterocycles. The van der Waals surface area contributed by atoms with Crippen LogP contribution in [0.15, 0.2) is 35.6 Å². The fraction of sp³-hybridized carbons (Fsp3) is 0.214. The highest BCUT2D eigenvalue weighted by Crippen LogP contribution is 2.38. The summed E-state index contributed by atoms with van der Waals surface area (Å²) in [6.45, 7) is 4.87. The van der Waals surface area contributed by atoms with Gasteiger partial charge in [0.1, 0.15) is 0 Å². The van der Waals surface area contributed by atoms with Crippen molar-refractivity contribution in [1.82, 2.24) is 5.43 Å². The van der Waals surface area contributed by atoms with Crippen LogP contribution < -0.4 is 5.43 Å². The number of nitrogens with zero attached hydrogens (tertiary/aromatic N) is 1. The van der Waals surface area contributed by atoms with Crippen LogP contribution in [0.1, 0.15) is 18.1 Å². The SMILES string of the molecule is C#CC(O)(c1cccc(/C(C)=C/NN=C)c1)C(F)(F)F. The van der Waals surface area contributed by atoms with Gasteiger partial charge in [-0.3, -0.25) is 5.43 Å². The number of hydrogen-bond donors (Lipinski definition) is 2. The number of alkyl halides is 3. The van der Waals surface area contributed by atoms with Gasteiger partial charge in [0.15, 0.2) is 0 Å². The van der Waals surface area contributed by atoms with E-state index < -0.39 is 17.3 Å². The van der Waals surface area contributed by atoms with E-state index in [9.17, 15) is 18.3 Å². The third-order valence-electron chi connectivity index (χ3n) is 2.73. The number of benzene rings is 1. The maximum atomic E-state index is 12.9. The molecule has 0 heterocycles. The van der Waals surface area contributed by atoms with E-state index in [1.54, 1.807) is 13.0 Å². The minimum Gasteiger partial charge on any atom is -0.366 e. The van der Waals surface area contributed by atoms with Crippen LogP contribution in [-0.4, -0.2) is 18.0 Å². The molecule has 0 aliphatic heterocycles. The molecular weight excluding hydrogens is 269 g/mol. The molecule has 0 amide bonds. The summed E-state index contributed by atoms with van der Waals surface area (Å²) in [7, 11) is 0. The van der Waals surface area contributed by atoms with Crippen LogP contribution >= 0.6 is 0 Å². The lowest BCUT2D eigenvalue weighted by Crippen LogP contribution is -2.40. The molecule has 106 valence electrons. The van der Waals surface area contributed by atoms with Gasteiger partial charge in [0.2, 0.25) is 5.60 Å². The molecule has 0 aliphatic rings. The van der Waals surface area contributed by atoms with Gasteiger partial charge in [0, 0.05) is 18.5 Å². The number of halogens is 3. The number of nitrogens with one attached hydrogen (secondary N) is 1. The Kier molecular flexibility index (Phi) is 4.58. The van der Waals surface area contributed by atoms with Crippen molar-refractivity contribution in [1.29, 1.82) is 0 Å². The lowest BCUT2D eigenvalue weighted by atomic mass is 9.91. The first-order valence-corrected chi connectivity index (χ1v) is 5.52. The van der Waals surface area contributed by atoms with Gasteiger partial charge in [-0.05, 0) is 24.1 Å². The van der Waals surface area contributed by atoms with Crippen LogP contribution in [0.3, 0.4) is 0 Å². The van der Waals surface area contributed by atoms with Crippen molar-refractivity contribution < 1.29 is 18.3 Å². The summed E-state index contributed by atoms with van der Waals surface area (Å²) in [5.74, 6) is 1.41. The Hall–Kier alpha value is -2.26. The molecule has 1 atom stereocenters. The van der Waals surface area contributed by atoms with Gasteiger partial charge in [-0.2, -0.15) is 18.3 Å². The average molecular weight is 282 g/mol. The molecule has 0 bridgehead atoms. The van der Waals surface area contributed by atoms with Crippen LogP contribution in [0, 0.1) is 12.3 Å². The molecule has 1 aromatic carbocycles. The molecular formula is C14H13F3N2O. The first kappa shape index (κ1) is 15.8. The number of rotatable bonds is 4. The minimum atomic E-state index is -4.96. The third kappa shape index (κ3) is 3.00. The Balaban J connectivity index is 3.30. The molecule has 2 N–H and O–H groups in total. The lowest BCUT2D eigenvalue weighted by molar-refractivity contribution is -0.240. The van der Waals surface area contributed by atoms with Gasteiger partial charge in [-0.15, -0.1) is 6.42 Å². The quantitative estimate of drug-likeness (QED) is 0.506. The van der Waals surface area contributed by atoms with Gasteiger partial charge in [-0.25, -0.2) is 0 Å². The average Bonchev–Trinajstić information content (AvgIpc) is 2.42. The minimum absolute atomic E-state index is 0.413. The molecule has 0 radical (unpaired) electrons. The standard InChI is InChI=1S/C14H13F3N2O/c1-4-13(20,14(15,16)17)12-7-5-6-11(8-12)10(2)9-19-18-3/h1,5-9,19-20H,3H2,2H3/b10-9+. The van der Waals surface area contributed by atoms with Gasteiger partial charge < -0.3 is 5.11 Å². The number of hydrogen-bond acceptors (Lipinski definition) is 3. The number of allylic oxidation sites excluding steroid dienone is 1. The van der Waals surface area contributed by atoms with Crippen molar-refractivity contribution in [2.75, 3.05) is 0 Å². The zero-order chi connectivity index (χ0) is 15.4. The zero-order valence-corrected chi connectivity index (χ0v) is 10.7. The number of aliphatic hydroxyl groups is 1. The first-order valence-electron chi connectivity index (χ1n) is 5.52. The summed E-state index contributed by atoms with van der Waals surface area (Å²) in [6, 6.07) is 5.29. The van der Waals surface area contributed by atoms with E-state index >= 15 is 0 Å². The molecule has 0 fully saturated rings. The van der Waals surface area contributed by atoms with Crippen LogP contribution in [0.2, 0.25) is 0 Å². The molecule has 6 heteroatoms. The summed E-state index contributed by atoms with van der Waals surface area (Å²) in [5.41, 5.74) is -0.168. The molecule has 1 rings (SSSR count). The third-order valence-corrected chi connectivity index (χ3v) is 2.73. The molecule has 0 aliphatic carbocycles. The van der Waals surface area contributed by atoms with Gasteiger partial charge >= 0.3 is 6.18 Å². The Morgan fingerprint density at radius 2 is 2.15 bits per heavy atom. The summed E-state index contributed by atoms with van der Waals surface area (Å²) in [5, 5.41) is 13.1. The van der Waals surface area contributed by atoms with Gasteiger partial charge in [0.05, 0.1) is 0 Å². The van der Waals surface area contributed by atoms with Crippen molar-refractivity contribution in [3.05, 3.63) is 41.6 Å². The van der Waals surface area contributed by atoms with Crippen molar-refractivity contribution in [2.24, 2.45) is 5.10 Å². The maximum Gasteiger partial charge on any atom is 0.433 e. The molecule has 20 heavy (non-hydrogen) atoms. The van der Waals surface area contributed by atoms with E-state index in [4.69, 9.17) is 6.42 Å². The predicted molar refractivity (Wildman–Crippen MR) is 71.6 cm³/mol. The van der Waals surface area contributed by atoms with Crippen LogP contribution in [-0.2, 0) is 5.60 Å². The molecule has 1 unspecified atom stereocenters. The second kappa shape index (κ2) is 5.80. The van der Waals surface area contributed by atoms with E-state index in [-0.39, 0.29) is 0 Å². The van der Waals surface area contributed by atoms with E-state index in [1.165, 1.54) is 24.3 Å². The first-order chi connectivity index (χ1) is 9.26. The van der Waals surface area contributed by atoms with E-state index in [0.717, 1.165) is 6.07 Å². The summed E-state index contributed by atoms with van der Waals surface area (Å²) in [4.78, 5) is 0. The molecule has 0 saturated heterocycles. The summed E-state index contributed by atoms with van der Waals surface area (Å²) < 4.78 is 38.6. The van der Waals surface area contributed by atoms with E-state index in [0.29, 0.717) is 11.1 Å². The Bertz CT molecular complexity index is 573. The largest absolute Gasteiger partial charge is 0.433 e. The van der Waals surface area contributed by atoms with Crippen molar-refractivity contribution in [3.8, 4) is 12.3 Å². The van der Waals surface area contributed by atoms with E-state index in [2.05, 4.69) is 17.2 Å². The molecule has 0 spiro atoms. The number of hydrazone groups is 1. The van der Waals surface area contributed by atoms with Crippen LogP contribution in [0.5, 0.6) is 0 Å². The fourth-order valence-corrected chi connectivity index (χ4v) is 1.54. The molecule has 3 nitrogen and oxygen atoms in total. The van der Waals surface area contributed by atoms with Crippen molar-refractivity contribution in [2.45, 2.75) is 18.7 Å². The number of terminal acetylenes is 1. The fourth-order valence-electron chi connectivity index (χ4n) is 1.54. The second-order valence-electron chi connectivity index (χ2n) is 4.05. The van der Waals surface area contributed by atoms with Crippen molar-refractivity contribution >= 4 is 12.3 Å². The summed E-state index contributed by atoms with van der Waals surface area (Å²) in [6.07, 6.45) is 1.37. The Morgan fingerprint density at radius 3 is 2.65 bits per heavy atom. The second-order valence-corrected chi connectivity index (χ2v) is 4.05. The normalized spacial score (nSPS) is 15.1. The Morgan fingerprint density at radius 1 is 1.50 bits per heavy atom. The summed E-state index contributed by atoms with van der Waals surface area (Å²) >= 11 is 0. The van der Waals surface area contributed by atoms with Crippen molar-refractivity contribution in [3.63, 3.8) is 0 Å². The topological polar surface area (TPSA) is 44.6 Å².